The van der Waals surface area contributed by atoms with E-state index >= 15 is 0 Å². The zero-order chi connectivity index (χ0) is 27.3. The first-order valence-corrected chi connectivity index (χ1v) is 13.6. The third kappa shape index (κ3) is 10.1. The van der Waals surface area contributed by atoms with Crippen LogP contribution in [0.1, 0.15) is 34.5 Å². The van der Waals surface area contributed by atoms with Crippen molar-refractivity contribution in [1.82, 2.24) is 10.6 Å². The van der Waals surface area contributed by atoms with Crippen LogP contribution >= 0.6 is 23.2 Å². The zero-order valence-electron chi connectivity index (χ0n) is 21.6. The van der Waals surface area contributed by atoms with Crippen molar-refractivity contribution in [1.29, 1.82) is 0 Å². The molecule has 3 aromatic rings. The number of nitrogens with one attached hydrogen (secondary N) is 2. The Hall–Kier alpha value is -3.20. The molecule has 0 saturated carbocycles. The molecule has 0 fully saturated rings. The molecule has 0 unspecified atom stereocenters. The lowest BCUT2D eigenvalue weighted by Crippen LogP contribution is -3.00. The second-order valence-electron chi connectivity index (χ2n) is 8.69. The number of hydrogen-bond donors (Lipinski definition) is 4. The summed E-state index contributed by atoms with van der Waals surface area (Å²) in [5, 5.41) is 11.2. The lowest BCUT2D eigenvalue weighted by molar-refractivity contribution is -0.121. The van der Waals surface area contributed by atoms with Crippen LogP contribution in [0.15, 0.2) is 65.1 Å². The van der Waals surface area contributed by atoms with Crippen molar-refractivity contribution in [2.75, 3.05) is 42.8 Å². The summed E-state index contributed by atoms with van der Waals surface area (Å²) in [6, 6.07) is 18.8. The SMILES string of the molecule is NC(=[NH2+])c1ccc(-c2ccc(C(=O)NCCNC(=O)CCCc3ccc(N(CCCl)CCCl)cc3)o2)cc1.[Cl-]. The molecule has 210 valence electrons. The molecule has 0 spiro atoms. The number of nitrogens with two attached hydrogens (primary N) is 2. The van der Waals surface area contributed by atoms with E-state index in [1.54, 1.807) is 24.3 Å². The van der Waals surface area contributed by atoms with Gasteiger partial charge in [-0.3, -0.25) is 20.7 Å². The number of nitrogens with zero attached hydrogens (tertiary/aromatic N) is 1. The Morgan fingerprint density at radius 2 is 1.54 bits per heavy atom. The minimum Gasteiger partial charge on any atom is -1.00 e. The number of rotatable bonds is 15. The minimum atomic E-state index is -0.347. The van der Waals surface area contributed by atoms with Crippen molar-refractivity contribution in [3.8, 4) is 11.3 Å². The number of amides is 2. The van der Waals surface area contributed by atoms with Gasteiger partial charge in [-0.15, -0.1) is 23.2 Å². The summed E-state index contributed by atoms with van der Waals surface area (Å²) >= 11 is 11.8. The first kappa shape index (κ1) is 32.0. The maximum absolute atomic E-state index is 12.4. The number of benzene rings is 2. The largest absolute Gasteiger partial charge is 1.00 e. The molecule has 0 aliphatic rings. The molecule has 0 radical (unpaired) electrons. The summed E-state index contributed by atoms with van der Waals surface area (Å²) in [5.74, 6) is 1.68. The number of amidine groups is 1. The van der Waals surface area contributed by atoms with Gasteiger partial charge in [0.15, 0.2) is 5.76 Å². The van der Waals surface area contributed by atoms with E-state index in [1.807, 2.05) is 12.1 Å². The smallest absolute Gasteiger partial charge is 0.287 e. The molecule has 8 nitrogen and oxygen atoms in total. The maximum atomic E-state index is 12.4. The monoisotopic (exact) mass is 593 g/mol. The summed E-state index contributed by atoms with van der Waals surface area (Å²) in [7, 11) is 0. The molecule has 39 heavy (non-hydrogen) atoms. The molecule has 0 atom stereocenters. The predicted octanol–water partition coefficient (Wildman–Crippen LogP) is -0.432. The van der Waals surface area contributed by atoms with Gasteiger partial charge in [0.2, 0.25) is 5.91 Å². The lowest BCUT2D eigenvalue weighted by atomic mass is 10.1. The van der Waals surface area contributed by atoms with Crippen molar-refractivity contribution in [3.05, 3.63) is 77.6 Å². The standard InChI is InChI=1S/C28H33Cl2N5O3.ClH/c29-14-18-35(19-15-30)23-10-4-20(5-11-23)2-1-3-26(36)33-16-17-34-28(37)25-13-12-24(38-25)21-6-8-22(9-7-21)27(31)32;/h4-13H,1-3,14-19H2,(H3,31,32)(H,33,36)(H,34,37);1H. The minimum absolute atomic E-state index is 0. The molecule has 0 aliphatic heterocycles. The highest BCUT2D eigenvalue weighted by Crippen LogP contribution is 2.22. The highest BCUT2D eigenvalue weighted by molar-refractivity contribution is 6.18. The van der Waals surface area contributed by atoms with Crippen LogP contribution in [0.2, 0.25) is 0 Å². The fourth-order valence-electron chi connectivity index (χ4n) is 3.90. The average molecular weight is 595 g/mol. The molecule has 6 N–H and O–H groups in total. The van der Waals surface area contributed by atoms with Crippen molar-refractivity contribution >= 4 is 46.5 Å². The molecular formula is C28H34Cl3N5O3. The van der Waals surface area contributed by atoms with Crippen molar-refractivity contribution in [2.45, 2.75) is 19.3 Å². The van der Waals surface area contributed by atoms with Crippen LogP contribution in [0.25, 0.3) is 11.3 Å². The Morgan fingerprint density at radius 3 is 2.15 bits per heavy atom. The second-order valence-corrected chi connectivity index (χ2v) is 9.44. The Labute approximate surface area is 245 Å². The molecule has 2 aromatic carbocycles. The Kier molecular flexibility index (Phi) is 13.7. The number of hydrogen-bond acceptors (Lipinski definition) is 4. The van der Waals surface area contributed by atoms with E-state index in [2.05, 4.69) is 39.8 Å². The molecule has 2 amide bonds. The van der Waals surface area contributed by atoms with E-state index in [1.165, 1.54) is 5.56 Å². The van der Waals surface area contributed by atoms with Crippen LogP contribution < -0.4 is 39.1 Å². The number of carbonyl (C=O) groups is 2. The number of anilines is 1. The lowest BCUT2D eigenvalue weighted by Gasteiger charge is -2.23. The third-order valence-corrected chi connectivity index (χ3v) is 6.28. The Bertz CT molecular complexity index is 1190. The molecule has 3 rings (SSSR count). The molecule has 11 heteroatoms. The number of furan rings is 1. The summed E-state index contributed by atoms with van der Waals surface area (Å²) in [5.41, 5.74) is 9.37. The second kappa shape index (κ2) is 16.7. The molecule has 0 bridgehead atoms. The van der Waals surface area contributed by atoms with Gasteiger partial charge in [0.25, 0.3) is 11.7 Å². The van der Waals surface area contributed by atoms with E-state index in [4.69, 9.17) is 38.8 Å². The van der Waals surface area contributed by atoms with Crippen LogP contribution in [0, 0.1) is 0 Å². The normalized spacial score (nSPS) is 10.4. The van der Waals surface area contributed by atoms with Crippen LogP contribution in [0.4, 0.5) is 5.69 Å². The van der Waals surface area contributed by atoms with E-state index in [0.717, 1.165) is 42.7 Å². The Morgan fingerprint density at radius 1 is 0.897 bits per heavy atom. The first-order valence-electron chi connectivity index (χ1n) is 12.5. The summed E-state index contributed by atoms with van der Waals surface area (Å²) < 4.78 is 5.67. The van der Waals surface area contributed by atoms with Gasteiger partial charge < -0.3 is 32.4 Å². The van der Waals surface area contributed by atoms with Gasteiger partial charge in [-0.1, -0.05) is 24.3 Å². The average Bonchev–Trinajstić information content (AvgIpc) is 3.42. The van der Waals surface area contributed by atoms with Crippen molar-refractivity contribution < 1.29 is 31.8 Å². The van der Waals surface area contributed by atoms with Crippen molar-refractivity contribution in [3.63, 3.8) is 0 Å². The number of carbonyl (C=O) groups excluding carboxylic acids is 2. The van der Waals surface area contributed by atoms with Crippen molar-refractivity contribution in [2.24, 2.45) is 5.73 Å². The van der Waals surface area contributed by atoms with Gasteiger partial charge in [-0.2, -0.15) is 0 Å². The van der Waals surface area contributed by atoms with E-state index < -0.39 is 0 Å². The Balaban J connectivity index is 0.00000533. The van der Waals surface area contributed by atoms with Crippen LogP contribution in [-0.2, 0) is 11.2 Å². The number of halogens is 3. The van der Waals surface area contributed by atoms with E-state index in [-0.39, 0.29) is 35.8 Å². The van der Waals surface area contributed by atoms with Crippen LogP contribution in [0.3, 0.4) is 0 Å². The molecule has 0 saturated heterocycles. The summed E-state index contributed by atoms with van der Waals surface area (Å²) in [6.45, 7) is 2.12. The first-order chi connectivity index (χ1) is 18.4. The molecular weight excluding hydrogens is 561 g/mol. The number of alkyl halides is 2. The van der Waals surface area contributed by atoms with Gasteiger partial charge >= 0.3 is 0 Å². The molecule has 0 aliphatic carbocycles. The van der Waals surface area contributed by atoms with E-state index in [9.17, 15) is 9.59 Å². The van der Waals surface area contributed by atoms with Gasteiger partial charge in [-0.25, -0.2) is 0 Å². The maximum Gasteiger partial charge on any atom is 0.287 e. The van der Waals surface area contributed by atoms with Crippen LogP contribution in [0.5, 0.6) is 0 Å². The topological polar surface area (TPSA) is 126 Å². The highest BCUT2D eigenvalue weighted by Gasteiger charge is 2.13. The van der Waals surface area contributed by atoms with Gasteiger partial charge in [0.05, 0.1) is 5.56 Å². The molecule has 1 heterocycles. The quantitative estimate of drug-likeness (QED) is 0.0822. The fraction of sp³-hybridized carbons (Fsp3) is 0.321. The molecule has 1 aromatic heterocycles. The summed E-state index contributed by atoms with van der Waals surface area (Å²) in [6.07, 6.45) is 1.95. The van der Waals surface area contributed by atoms with Gasteiger partial charge in [0.1, 0.15) is 5.76 Å². The third-order valence-electron chi connectivity index (χ3n) is 5.94. The van der Waals surface area contributed by atoms with Crippen LogP contribution in [-0.4, -0.2) is 55.6 Å². The predicted molar refractivity (Wildman–Crippen MR) is 153 cm³/mol. The van der Waals surface area contributed by atoms with Gasteiger partial charge in [0, 0.05) is 55.6 Å². The highest BCUT2D eigenvalue weighted by atomic mass is 35.5. The fourth-order valence-corrected chi connectivity index (χ4v) is 4.30. The number of aryl methyl sites for hydroxylation is 1. The summed E-state index contributed by atoms with van der Waals surface area (Å²) in [4.78, 5) is 26.7. The van der Waals surface area contributed by atoms with E-state index in [0.29, 0.717) is 37.0 Å². The zero-order valence-corrected chi connectivity index (χ0v) is 23.9. The van der Waals surface area contributed by atoms with Gasteiger partial charge in [-0.05, 0) is 54.8 Å².